The molecule has 1 N–H and O–H groups in total. The van der Waals surface area contributed by atoms with Gasteiger partial charge >= 0.3 is 0 Å². The van der Waals surface area contributed by atoms with Gasteiger partial charge in [-0.3, -0.25) is 14.7 Å². The Hall–Kier alpha value is -2.14. The number of likely N-dealkylation sites (tertiary alicyclic amines) is 1. The van der Waals surface area contributed by atoms with E-state index in [1.165, 1.54) is 19.3 Å². The lowest BCUT2D eigenvalue weighted by Crippen LogP contribution is -2.43. The molecule has 0 aromatic carbocycles. The molecule has 128 valence electrons. The van der Waals surface area contributed by atoms with Crippen LogP contribution in [0.2, 0.25) is 0 Å². The Balaban J connectivity index is 1.91. The molecule has 2 aromatic rings. The lowest BCUT2D eigenvalue weighted by molar-refractivity contribution is 0.0923. The van der Waals surface area contributed by atoms with Gasteiger partial charge in [0.2, 0.25) is 5.43 Å². The van der Waals surface area contributed by atoms with Crippen molar-refractivity contribution in [1.29, 1.82) is 0 Å². The van der Waals surface area contributed by atoms with Crippen LogP contribution in [-0.2, 0) is 13.1 Å². The summed E-state index contributed by atoms with van der Waals surface area (Å²) in [7, 11) is 0. The summed E-state index contributed by atoms with van der Waals surface area (Å²) in [5.41, 5.74) is 1.72. The van der Waals surface area contributed by atoms with Crippen molar-refractivity contribution in [3.05, 3.63) is 58.3 Å². The van der Waals surface area contributed by atoms with Crippen LogP contribution in [-0.4, -0.2) is 31.6 Å². The van der Waals surface area contributed by atoms with Gasteiger partial charge in [0.25, 0.3) is 0 Å². The Morgan fingerprint density at radius 3 is 2.50 bits per heavy atom. The highest BCUT2D eigenvalue weighted by molar-refractivity contribution is 5.22. The Labute approximate surface area is 142 Å². The average molecular weight is 327 g/mol. The highest BCUT2D eigenvalue weighted by atomic mass is 16.3. The Morgan fingerprint density at radius 1 is 1.17 bits per heavy atom. The van der Waals surface area contributed by atoms with E-state index < -0.39 is 0 Å². The highest BCUT2D eigenvalue weighted by Crippen LogP contribution is 2.24. The molecule has 1 aliphatic heterocycles. The average Bonchev–Trinajstić information content (AvgIpc) is 2.56. The van der Waals surface area contributed by atoms with Crippen LogP contribution in [0, 0.1) is 0 Å². The van der Waals surface area contributed by atoms with E-state index >= 15 is 0 Å². The predicted molar refractivity (Wildman–Crippen MR) is 94.0 cm³/mol. The second-order valence-corrected chi connectivity index (χ2v) is 6.80. The summed E-state index contributed by atoms with van der Waals surface area (Å²) in [6.45, 7) is 5.84. The van der Waals surface area contributed by atoms with Gasteiger partial charge in [0.1, 0.15) is 0 Å². The maximum absolute atomic E-state index is 12.0. The molecule has 0 spiro atoms. The smallest absolute Gasteiger partial charge is 0.223 e. The van der Waals surface area contributed by atoms with E-state index in [0.717, 1.165) is 17.8 Å². The van der Waals surface area contributed by atoms with Crippen LogP contribution in [0.4, 0.5) is 0 Å². The predicted octanol–water partition coefficient (Wildman–Crippen LogP) is 2.76. The fraction of sp³-hybridized carbons (Fsp3) is 0.474. The van der Waals surface area contributed by atoms with Crippen LogP contribution in [0.3, 0.4) is 0 Å². The Bertz CT molecular complexity index is 732. The van der Waals surface area contributed by atoms with Gasteiger partial charge in [-0.05, 0) is 44.4 Å². The maximum atomic E-state index is 12.0. The molecule has 24 heavy (non-hydrogen) atoms. The summed E-state index contributed by atoms with van der Waals surface area (Å²) < 4.78 is 1.97. The van der Waals surface area contributed by atoms with E-state index in [2.05, 4.69) is 23.7 Å². The molecule has 0 bridgehead atoms. The normalized spacial score (nSPS) is 21.8. The molecule has 0 aliphatic carbocycles. The Kier molecular flexibility index (Phi) is 5.00. The quantitative estimate of drug-likeness (QED) is 0.938. The summed E-state index contributed by atoms with van der Waals surface area (Å²) in [6.07, 6.45) is 8.71. The summed E-state index contributed by atoms with van der Waals surface area (Å²) in [4.78, 5) is 18.5. The van der Waals surface area contributed by atoms with Gasteiger partial charge in [-0.25, -0.2) is 0 Å². The summed E-state index contributed by atoms with van der Waals surface area (Å²) >= 11 is 0. The second kappa shape index (κ2) is 7.18. The number of piperidine rings is 1. The zero-order valence-electron chi connectivity index (χ0n) is 14.4. The number of pyridine rings is 2. The lowest BCUT2D eigenvalue weighted by atomic mass is 9.97. The first-order valence-corrected chi connectivity index (χ1v) is 8.61. The first kappa shape index (κ1) is 16.7. The molecule has 2 atom stereocenters. The second-order valence-electron chi connectivity index (χ2n) is 6.80. The minimum absolute atomic E-state index is 0.201. The topological polar surface area (TPSA) is 58.4 Å². The molecule has 5 heteroatoms. The summed E-state index contributed by atoms with van der Waals surface area (Å²) in [5, 5.41) is 9.85. The monoisotopic (exact) mass is 327 g/mol. The molecule has 3 heterocycles. The molecule has 2 unspecified atom stereocenters. The third-order valence-electron chi connectivity index (χ3n) is 5.02. The van der Waals surface area contributed by atoms with E-state index in [0.29, 0.717) is 18.6 Å². The molecular formula is C19H25N3O2. The van der Waals surface area contributed by atoms with Crippen LogP contribution in [0.15, 0.2) is 41.6 Å². The van der Waals surface area contributed by atoms with Crippen molar-refractivity contribution >= 4 is 0 Å². The van der Waals surface area contributed by atoms with Gasteiger partial charge in [0.15, 0.2) is 5.75 Å². The zero-order chi connectivity index (χ0) is 17.1. The maximum Gasteiger partial charge on any atom is 0.223 e. The molecule has 3 rings (SSSR count). The summed E-state index contributed by atoms with van der Waals surface area (Å²) in [6, 6.07) is 6.49. The third-order valence-corrected chi connectivity index (χ3v) is 5.02. The number of rotatable bonds is 4. The number of aromatic hydroxyl groups is 1. The van der Waals surface area contributed by atoms with Crippen LogP contribution in [0.25, 0.3) is 0 Å². The number of hydrogen-bond donors (Lipinski definition) is 1. The fourth-order valence-electron chi connectivity index (χ4n) is 3.54. The minimum Gasteiger partial charge on any atom is -0.503 e. The summed E-state index contributed by atoms with van der Waals surface area (Å²) in [5.74, 6) is -0.201. The lowest BCUT2D eigenvalue weighted by Gasteiger charge is -2.39. The molecule has 5 nitrogen and oxygen atoms in total. The molecule has 0 radical (unpaired) electrons. The van der Waals surface area contributed by atoms with Gasteiger partial charge in [0, 0.05) is 49.3 Å². The van der Waals surface area contributed by atoms with E-state index in [1.54, 1.807) is 24.7 Å². The van der Waals surface area contributed by atoms with Crippen molar-refractivity contribution in [2.24, 2.45) is 0 Å². The van der Waals surface area contributed by atoms with Gasteiger partial charge < -0.3 is 9.67 Å². The molecule has 1 fully saturated rings. The largest absolute Gasteiger partial charge is 0.503 e. The first-order chi connectivity index (χ1) is 11.5. The zero-order valence-corrected chi connectivity index (χ0v) is 14.4. The van der Waals surface area contributed by atoms with Crippen LogP contribution in [0.1, 0.15) is 44.4 Å². The van der Waals surface area contributed by atoms with E-state index in [4.69, 9.17) is 0 Å². The number of nitrogens with zero attached hydrogens (tertiary/aromatic N) is 3. The van der Waals surface area contributed by atoms with Crippen LogP contribution < -0.4 is 5.43 Å². The van der Waals surface area contributed by atoms with Crippen molar-refractivity contribution in [2.75, 3.05) is 0 Å². The van der Waals surface area contributed by atoms with Crippen LogP contribution in [0.5, 0.6) is 5.75 Å². The van der Waals surface area contributed by atoms with Crippen molar-refractivity contribution in [2.45, 2.75) is 58.3 Å². The molecule has 0 amide bonds. The van der Waals surface area contributed by atoms with Gasteiger partial charge in [-0.15, -0.1) is 0 Å². The van der Waals surface area contributed by atoms with Gasteiger partial charge in [-0.1, -0.05) is 6.42 Å². The standard InChI is InChI=1S/C19H25N3O2/c1-14-4-3-5-15(2)22(14)12-17-10-18(23)19(24)13-21(17)11-16-6-8-20-9-7-16/h6-10,13-15,24H,3-5,11-12H2,1-2H3. The van der Waals surface area contributed by atoms with Crippen LogP contribution >= 0.6 is 0 Å². The van der Waals surface area contributed by atoms with E-state index in [9.17, 15) is 9.90 Å². The Morgan fingerprint density at radius 2 is 1.83 bits per heavy atom. The van der Waals surface area contributed by atoms with Crippen molar-refractivity contribution in [1.82, 2.24) is 14.5 Å². The van der Waals surface area contributed by atoms with Gasteiger partial charge in [-0.2, -0.15) is 0 Å². The first-order valence-electron chi connectivity index (χ1n) is 8.61. The molecular weight excluding hydrogens is 302 g/mol. The number of hydrogen-bond acceptors (Lipinski definition) is 4. The van der Waals surface area contributed by atoms with E-state index in [1.807, 2.05) is 16.7 Å². The molecule has 1 aliphatic rings. The number of aromatic nitrogens is 2. The third kappa shape index (κ3) is 3.67. The van der Waals surface area contributed by atoms with Crippen molar-refractivity contribution < 1.29 is 5.11 Å². The highest BCUT2D eigenvalue weighted by Gasteiger charge is 2.25. The van der Waals surface area contributed by atoms with Crippen molar-refractivity contribution in [3.8, 4) is 5.75 Å². The molecule has 2 aromatic heterocycles. The SMILES string of the molecule is CC1CCCC(C)N1Cc1cc(=O)c(O)cn1Cc1ccncc1. The minimum atomic E-state index is -0.312. The molecule has 0 saturated carbocycles. The molecule has 1 saturated heterocycles. The fourth-order valence-corrected chi connectivity index (χ4v) is 3.54. The van der Waals surface area contributed by atoms with Crippen molar-refractivity contribution in [3.63, 3.8) is 0 Å². The van der Waals surface area contributed by atoms with Gasteiger partial charge in [0.05, 0.1) is 6.20 Å². The van der Waals surface area contributed by atoms with E-state index in [-0.39, 0.29) is 11.2 Å².